The van der Waals surface area contributed by atoms with Gasteiger partial charge < -0.3 is 19.7 Å². The highest BCUT2D eigenvalue weighted by atomic mass is 16.5. The summed E-state index contributed by atoms with van der Waals surface area (Å²) < 4.78 is 10.0. The lowest BCUT2D eigenvalue weighted by Gasteiger charge is -2.29. The maximum atomic E-state index is 12.1. The molecule has 1 aliphatic rings. The van der Waals surface area contributed by atoms with Gasteiger partial charge in [0.05, 0.1) is 25.9 Å². The minimum Gasteiger partial charge on any atom is -0.463 e. The predicted octanol–water partition coefficient (Wildman–Crippen LogP) is -0.0574. The van der Waals surface area contributed by atoms with Crippen molar-refractivity contribution in [3.63, 3.8) is 0 Å². The van der Waals surface area contributed by atoms with Gasteiger partial charge in [0.25, 0.3) is 0 Å². The van der Waals surface area contributed by atoms with E-state index in [0.29, 0.717) is 38.5 Å². The third-order valence-corrected chi connectivity index (χ3v) is 2.88. The van der Waals surface area contributed by atoms with Gasteiger partial charge in [-0.2, -0.15) is 0 Å². The molecule has 6 heteroatoms. The van der Waals surface area contributed by atoms with Crippen molar-refractivity contribution in [2.24, 2.45) is 0 Å². The fourth-order valence-corrected chi connectivity index (χ4v) is 1.73. The first kappa shape index (κ1) is 15.7. The summed E-state index contributed by atoms with van der Waals surface area (Å²) in [5, 5.41) is 2.99. The molecule has 0 radical (unpaired) electrons. The van der Waals surface area contributed by atoms with Gasteiger partial charge >= 0.3 is 5.97 Å². The van der Waals surface area contributed by atoms with Crippen molar-refractivity contribution < 1.29 is 19.1 Å². The van der Waals surface area contributed by atoms with Crippen LogP contribution in [0.3, 0.4) is 0 Å². The molecule has 0 bridgehead atoms. The highest BCUT2D eigenvalue weighted by Gasteiger charge is 2.22. The van der Waals surface area contributed by atoms with Gasteiger partial charge in [-0.3, -0.25) is 4.79 Å². The molecule has 1 heterocycles. The summed E-state index contributed by atoms with van der Waals surface area (Å²) in [6.07, 6.45) is 0. The van der Waals surface area contributed by atoms with Crippen LogP contribution in [-0.2, 0) is 19.1 Å². The van der Waals surface area contributed by atoms with Crippen molar-refractivity contribution in [3.8, 4) is 0 Å². The summed E-state index contributed by atoms with van der Waals surface area (Å²) in [7, 11) is 0. The van der Waals surface area contributed by atoms with E-state index in [-0.39, 0.29) is 18.5 Å². The SMILES string of the molecule is C=C(CNC(C)C(=O)N1CCOCC1)C(=O)OCC. The summed E-state index contributed by atoms with van der Waals surface area (Å²) in [5.74, 6) is -0.416. The van der Waals surface area contributed by atoms with Crippen molar-refractivity contribution in [1.82, 2.24) is 10.2 Å². The quantitative estimate of drug-likeness (QED) is 0.541. The summed E-state index contributed by atoms with van der Waals surface area (Å²) in [6, 6.07) is -0.357. The highest BCUT2D eigenvalue weighted by Crippen LogP contribution is 2.01. The lowest BCUT2D eigenvalue weighted by Crippen LogP contribution is -2.49. The molecule has 1 fully saturated rings. The number of nitrogens with zero attached hydrogens (tertiary/aromatic N) is 1. The van der Waals surface area contributed by atoms with Gasteiger partial charge in [-0.15, -0.1) is 0 Å². The Kier molecular flexibility index (Phi) is 6.52. The van der Waals surface area contributed by atoms with Crippen LogP contribution in [0.15, 0.2) is 12.2 Å². The molecule has 6 nitrogen and oxygen atoms in total. The normalized spacial score (nSPS) is 16.8. The van der Waals surface area contributed by atoms with Crippen LogP contribution in [0.4, 0.5) is 0 Å². The molecule has 1 N–H and O–H groups in total. The van der Waals surface area contributed by atoms with E-state index in [9.17, 15) is 9.59 Å². The van der Waals surface area contributed by atoms with Crippen LogP contribution in [0, 0.1) is 0 Å². The molecule has 0 saturated carbocycles. The van der Waals surface area contributed by atoms with E-state index in [0.717, 1.165) is 0 Å². The van der Waals surface area contributed by atoms with E-state index in [2.05, 4.69) is 11.9 Å². The third kappa shape index (κ3) is 5.00. The Bertz CT molecular complexity index is 338. The molecule has 1 rings (SSSR count). The van der Waals surface area contributed by atoms with Crippen molar-refractivity contribution in [1.29, 1.82) is 0 Å². The molecule has 0 aromatic rings. The lowest BCUT2D eigenvalue weighted by molar-refractivity contribution is -0.139. The van der Waals surface area contributed by atoms with Gasteiger partial charge in [-0.05, 0) is 13.8 Å². The zero-order valence-corrected chi connectivity index (χ0v) is 11.6. The molecule has 1 unspecified atom stereocenters. The summed E-state index contributed by atoms with van der Waals surface area (Å²) in [4.78, 5) is 25.2. The smallest absolute Gasteiger partial charge is 0.334 e. The number of carbonyl (C=O) groups is 2. The number of amides is 1. The Morgan fingerprint density at radius 1 is 1.42 bits per heavy atom. The maximum absolute atomic E-state index is 12.1. The fraction of sp³-hybridized carbons (Fsp3) is 0.692. The van der Waals surface area contributed by atoms with Crippen LogP contribution in [0.5, 0.6) is 0 Å². The van der Waals surface area contributed by atoms with Gasteiger partial charge in [-0.25, -0.2) is 4.79 Å². The van der Waals surface area contributed by atoms with Gasteiger partial charge in [-0.1, -0.05) is 6.58 Å². The Hall–Kier alpha value is -1.40. The van der Waals surface area contributed by atoms with Crippen LogP contribution in [0.1, 0.15) is 13.8 Å². The van der Waals surface area contributed by atoms with E-state index in [1.807, 2.05) is 0 Å². The predicted molar refractivity (Wildman–Crippen MR) is 70.6 cm³/mol. The first-order valence-corrected chi connectivity index (χ1v) is 6.51. The van der Waals surface area contributed by atoms with Gasteiger partial charge in [0.15, 0.2) is 0 Å². The van der Waals surface area contributed by atoms with Crippen molar-refractivity contribution >= 4 is 11.9 Å². The van der Waals surface area contributed by atoms with Crippen molar-refractivity contribution in [2.45, 2.75) is 19.9 Å². The van der Waals surface area contributed by atoms with Crippen LogP contribution in [0.2, 0.25) is 0 Å². The zero-order valence-electron chi connectivity index (χ0n) is 11.6. The number of nitrogens with one attached hydrogen (secondary N) is 1. The molecular weight excluding hydrogens is 248 g/mol. The average Bonchev–Trinajstić information content (AvgIpc) is 2.44. The van der Waals surface area contributed by atoms with Gasteiger partial charge in [0.1, 0.15) is 0 Å². The number of morpholine rings is 1. The van der Waals surface area contributed by atoms with Crippen LogP contribution in [0.25, 0.3) is 0 Å². The van der Waals surface area contributed by atoms with E-state index in [1.54, 1.807) is 18.7 Å². The number of rotatable bonds is 6. The second-order valence-corrected chi connectivity index (χ2v) is 4.36. The molecule has 0 spiro atoms. The number of ether oxygens (including phenoxy) is 2. The molecule has 1 aliphatic heterocycles. The molecule has 19 heavy (non-hydrogen) atoms. The summed E-state index contributed by atoms with van der Waals surface area (Å²) in [5.41, 5.74) is 0.323. The molecule has 108 valence electrons. The molecule has 0 aliphatic carbocycles. The summed E-state index contributed by atoms with van der Waals surface area (Å²) in [6.45, 7) is 10.1. The number of carbonyl (C=O) groups excluding carboxylic acids is 2. The third-order valence-electron chi connectivity index (χ3n) is 2.88. The van der Waals surface area contributed by atoms with Crippen LogP contribution in [-0.4, -0.2) is 62.3 Å². The monoisotopic (exact) mass is 270 g/mol. The summed E-state index contributed by atoms with van der Waals surface area (Å²) >= 11 is 0. The lowest BCUT2D eigenvalue weighted by atomic mass is 10.2. The Labute approximate surface area is 113 Å². The Balaban J connectivity index is 2.33. The topological polar surface area (TPSA) is 67.9 Å². The first-order valence-electron chi connectivity index (χ1n) is 6.51. The zero-order chi connectivity index (χ0) is 14.3. The van der Waals surface area contributed by atoms with E-state index < -0.39 is 5.97 Å². The van der Waals surface area contributed by atoms with Gasteiger partial charge in [0, 0.05) is 25.2 Å². The van der Waals surface area contributed by atoms with Crippen molar-refractivity contribution in [3.05, 3.63) is 12.2 Å². The Morgan fingerprint density at radius 3 is 2.63 bits per heavy atom. The fourth-order valence-electron chi connectivity index (χ4n) is 1.73. The molecule has 1 saturated heterocycles. The van der Waals surface area contributed by atoms with E-state index in [4.69, 9.17) is 9.47 Å². The van der Waals surface area contributed by atoms with Crippen LogP contribution < -0.4 is 5.32 Å². The van der Waals surface area contributed by atoms with E-state index in [1.165, 1.54) is 0 Å². The average molecular weight is 270 g/mol. The second-order valence-electron chi connectivity index (χ2n) is 4.36. The molecule has 0 aromatic heterocycles. The number of esters is 1. The molecule has 0 aromatic carbocycles. The molecule has 1 atom stereocenters. The number of hydrogen-bond donors (Lipinski definition) is 1. The van der Waals surface area contributed by atoms with Gasteiger partial charge in [0.2, 0.25) is 5.91 Å². The standard InChI is InChI=1S/C13H22N2O4/c1-4-19-13(17)10(2)9-14-11(3)12(16)15-5-7-18-8-6-15/h11,14H,2,4-9H2,1,3H3. The minimum atomic E-state index is -0.430. The highest BCUT2D eigenvalue weighted by molar-refractivity contribution is 5.88. The number of hydrogen-bond acceptors (Lipinski definition) is 5. The second kappa shape index (κ2) is 7.91. The Morgan fingerprint density at radius 2 is 2.05 bits per heavy atom. The minimum absolute atomic E-state index is 0.0139. The molecule has 1 amide bonds. The molecular formula is C13H22N2O4. The van der Waals surface area contributed by atoms with Crippen LogP contribution >= 0.6 is 0 Å². The van der Waals surface area contributed by atoms with E-state index >= 15 is 0 Å². The largest absolute Gasteiger partial charge is 0.463 e. The van der Waals surface area contributed by atoms with Crippen molar-refractivity contribution in [2.75, 3.05) is 39.5 Å². The maximum Gasteiger partial charge on any atom is 0.334 e. The first-order chi connectivity index (χ1) is 9.06.